The van der Waals surface area contributed by atoms with Gasteiger partial charge in [-0.25, -0.2) is 4.79 Å². The van der Waals surface area contributed by atoms with Crippen molar-refractivity contribution in [3.8, 4) is 5.75 Å². The van der Waals surface area contributed by atoms with Crippen LogP contribution in [-0.2, 0) is 9.53 Å². The Labute approximate surface area is 115 Å². The number of carbonyl (C=O) groups excluding carboxylic acids is 1. The molecule has 0 saturated heterocycles. The predicted molar refractivity (Wildman–Crippen MR) is 77.1 cm³/mol. The topological polar surface area (TPSA) is 55.8 Å². The van der Waals surface area contributed by atoms with Gasteiger partial charge in [-0.05, 0) is 23.7 Å². The van der Waals surface area contributed by atoms with Gasteiger partial charge in [-0.15, -0.1) is 0 Å². The van der Waals surface area contributed by atoms with Crippen LogP contribution in [0.4, 0.5) is 0 Å². The molecule has 5 heteroatoms. The predicted octanol–water partition coefficient (Wildman–Crippen LogP) is 2.61. The Kier molecular flexibility index (Phi) is 5.56. The van der Waals surface area contributed by atoms with Crippen molar-refractivity contribution in [2.45, 2.75) is 31.8 Å². The minimum atomic E-state index is -1.25. The number of benzene rings is 1. The molecule has 0 bridgehead atoms. The molecule has 0 saturated carbocycles. The molecule has 19 heavy (non-hydrogen) atoms. The third-order valence-electron chi connectivity index (χ3n) is 2.73. The van der Waals surface area contributed by atoms with Crippen molar-refractivity contribution in [3.05, 3.63) is 29.8 Å². The zero-order valence-electron chi connectivity index (χ0n) is 12.0. The van der Waals surface area contributed by atoms with Gasteiger partial charge in [0, 0.05) is 8.07 Å². The average Bonchev–Trinajstić information content (AvgIpc) is 2.36. The van der Waals surface area contributed by atoms with Crippen molar-refractivity contribution in [1.29, 1.82) is 0 Å². The first-order valence-electron chi connectivity index (χ1n) is 6.32. The number of aliphatic hydroxyl groups is 1. The molecule has 106 valence electrons. The fraction of sp³-hybridized carbons (Fsp3) is 0.500. The molecule has 0 radical (unpaired) electrons. The summed E-state index contributed by atoms with van der Waals surface area (Å²) in [7, 11) is 0.308. The quantitative estimate of drug-likeness (QED) is 0.643. The molecule has 0 amide bonds. The second-order valence-corrected chi connectivity index (χ2v) is 11.3. The van der Waals surface area contributed by atoms with Gasteiger partial charge in [0.25, 0.3) is 0 Å². The minimum absolute atomic E-state index is 0.371. The zero-order chi connectivity index (χ0) is 14.5. The van der Waals surface area contributed by atoms with E-state index in [0.29, 0.717) is 17.9 Å². The molecule has 4 nitrogen and oxygen atoms in total. The Morgan fingerprint density at radius 2 is 2.05 bits per heavy atom. The highest BCUT2D eigenvalue weighted by Crippen LogP contribution is 2.20. The van der Waals surface area contributed by atoms with Crippen LogP contribution in [0.2, 0.25) is 25.7 Å². The monoisotopic (exact) mass is 282 g/mol. The first kappa shape index (κ1) is 15.7. The molecule has 1 atom stereocenters. The van der Waals surface area contributed by atoms with Crippen LogP contribution in [0.15, 0.2) is 24.3 Å². The van der Waals surface area contributed by atoms with Gasteiger partial charge in [-0.2, -0.15) is 0 Å². The van der Waals surface area contributed by atoms with Crippen LogP contribution in [-0.4, -0.2) is 32.9 Å². The summed E-state index contributed by atoms with van der Waals surface area (Å²) in [6.45, 7) is 6.99. The van der Waals surface area contributed by atoms with Crippen molar-refractivity contribution < 1.29 is 19.4 Å². The van der Waals surface area contributed by atoms with Crippen molar-refractivity contribution in [3.63, 3.8) is 0 Å². The third-order valence-corrected chi connectivity index (χ3v) is 4.43. The summed E-state index contributed by atoms with van der Waals surface area (Å²) < 4.78 is 10.2. The summed E-state index contributed by atoms with van der Waals surface area (Å²) in [5.74, 6) is -0.00190. The Hall–Kier alpha value is -1.33. The van der Waals surface area contributed by atoms with E-state index in [1.165, 1.54) is 7.11 Å². The lowest BCUT2D eigenvalue weighted by atomic mass is 10.1. The lowest BCUT2D eigenvalue weighted by Gasteiger charge is -2.17. The summed E-state index contributed by atoms with van der Waals surface area (Å²) in [6, 6.07) is 7.68. The van der Waals surface area contributed by atoms with Crippen molar-refractivity contribution >= 4 is 14.0 Å². The van der Waals surface area contributed by atoms with Crippen molar-refractivity contribution in [2.75, 3.05) is 13.7 Å². The molecule has 0 aliphatic heterocycles. The van der Waals surface area contributed by atoms with E-state index >= 15 is 0 Å². The van der Waals surface area contributed by atoms with E-state index in [1.807, 2.05) is 0 Å². The Balaban J connectivity index is 2.56. The molecule has 0 aliphatic carbocycles. The van der Waals surface area contributed by atoms with Crippen LogP contribution in [0.25, 0.3) is 0 Å². The summed E-state index contributed by atoms with van der Waals surface area (Å²) in [5.41, 5.74) is 0.484. The molecule has 0 spiro atoms. The standard InChI is InChI=1S/C14H22O4Si/c1-17-12-7-5-6-11(10-12)13(15)14(16)18-8-9-19(2,3)4/h5-7,10,13,15H,8-9H2,1-4H3. The molecule has 0 heterocycles. The van der Waals surface area contributed by atoms with Crippen LogP contribution >= 0.6 is 0 Å². The van der Waals surface area contributed by atoms with E-state index in [2.05, 4.69) is 19.6 Å². The molecule has 0 aliphatic rings. The minimum Gasteiger partial charge on any atom is -0.497 e. The van der Waals surface area contributed by atoms with Gasteiger partial charge in [0.15, 0.2) is 6.10 Å². The van der Waals surface area contributed by atoms with Crippen LogP contribution in [0.3, 0.4) is 0 Å². The number of hydrogen-bond acceptors (Lipinski definition) is 4. The molecule has 1 aromatic carbocycles. The van der Waals surface area contributed by atoms with Gasteiger partial charge in [-0.3, -0.25) is 0 Å². The Morgan fingerprint density at radius 3 is 2.63 bits per heavy atom. The van der Waals surface area contributed by atoms with Gasteiger partial charge in [0.2, 0.25) is 0 Å². The van der Waals surface area contributed by atoms with Crippen molar-refractivity contribution in [1.82, 2.24) is 0 Å². The number of carbonyl (C=O) groups is 1. The molecule has 1 unspecified atom stereocenters. The lowest BCUT2D eigenvalue weighted by molar-refractivity contribution is -0.153. The van der Waals surface area contributed by atoms with Gasteiger partial charge in [0.1, 0.15) is 5.75 Å². The summed E-state index contributed by atoms with van der Waals surface area (Å²) in [4.78, 5) is 11.7. The van der Waals surface area contributed by atoms with Crippen LogP contribution in [0.1, 0.15) is 11.7 Å². The largest absolute Gasteiger partial charge is 0.497 e. The second kappa shape index (κ2) is 6.72. The summed E-state index contributed by atoms with van der Waals surface area (Å²) in [6.07, 6.45) is -1.25. The zero-order valence-corrected chi connectivity index (χ0v) is 13.0. The molecule has 0 fully saturated rings. The number of methoxy groups -OCH3 is 1. The SMILES string of the molecule is COc1cccc(C(O)C(=O)OCC[Si](C)(C)C)c1. The van der Waals surface area contributed by atoms with E-state index in [-0.39, 0.29) is 0 Å². The maximum absolute atomic E-state index is 11.7. The van der Waals surface area contributed by atoms with E-state index in [0.717, 1.165) is 6.04 Å². The van der Waals surface area contributed by atoms with E-state index < -0.39 is 20.1 Å². The third kappa shape index (κ3) is 5.44. The average molecular weight is 282 g/mol. The summed E-state index contributed by atoms with van der Waals surface area (Å²) >= 11 is 0. The van der Waals surface area contributed by atoms with Crippen LogP contribution < -0.4 is 4.74 Å². The molecule has 1 rings (SSSR count). The maximum Gasteiger partial charge on any atom is 0.339 e. The fourth-order valence-corrected chi connectivity index (χ4v) is 2.20. The van der Waals surface area contributed by atoms with Gasteiger partial charge < -0.3 is 14.6 Å². The van der Waals surface area contributed by atoms with Crippen LogP contribution in [0, 0.1) is 0 Å². The highest BCUT2D eigenvalue weighted by Gasteiger charge is 2.21. The van der Waals surface area contributed by atoms with E-state index in [4.69, 9.17) is 9.47 Å². The number of ether oxygens (including phenoxy) is 2. The molecule has 1 N–H and O–H groups in total. The molecule has 0 aromatic heterocycles. The molecular formula is C14H22O4Si. The van der Waals surface area contributed by atoms with Gasteiger partial charge in [0.05, 0.1) is 13.7 Å². The first-order valence-corrected chi connectivity index (χ1v) is 10.0. The molecule has 1 aromatic rings. The van der Waals surface area contributed by atoms with E-state index in [1.54, 1.807) is 24.3 Å². The Morgan fingerprint density at radius 1 is 1.37 bits per heavy atom. The molecular weight excluding hydrogens is 260 g/mol. The second-order valence-electron chi connectivity index (χ2n) is 5.66. The number of aliphatic hydroxyl groups excluding tert-OH is 1. The van der Waals surface area contributed by atoms with Gasteiger partial charge in [-0.1, -0.05) is 31.8 Å². The highest BCUT2D eigenvalue weighted by atomic mass is 28.3. The highest BCUT2D eigenvalue weighted by molar-refractivity contribution is 6.76. The maximum atomic E-state index is 11.7. The lowest BCUT2D eigenvalue weighted by Crippen LogP contribution is -2.24. The smallest absolute Gasteiger partial charge is 0.339 e. The number of esters is 1. The normalized spacial score (nSPS) is 12.9. The van der Waals surface area contributed by atoms with E-state index in [9.17, 15) is 9.90 Å². The first-order chi connectivity index (χ1) is 8.83. The van der Waals surface area contributed by atoms with Gasteiger partial charge >= 0.3 is 5.97 Å². The fourth-order valence-electron chi connectivity index (χ4n) is 1.48. The Bertz CT molecular complexity index is 426. The summed E-state index contributed by atoms with van der Waals surface area (Å²) in [5, 5.41) is 9.92. The number of hydrogen-bond donors (Lipinski definition) is 1. The van der Waals surface area contributed by atoms with Crippen molar-refractivity contribution in [2.24, 2.45) is 0 Å². The van der Waals surface area contributed by atoms with Crippen LogP contribution in [0.5, 0.6) is 5.75 Å². The number of rotatable bonds is 6.